The molecule has 1 aromatic carbocycles. The first kappa shape index (κ1) is 19.6. The number of nitrogens with two attached hydrogens (primary N) is 1. The lowest BCUT2D eigenvalue weighted by Crippen LogP contribution is -2.40. The zero-order chi connectivity index (χ0) is 20.4. The minimum absolute atomic E-state index is 0.139. The van der Waals surface area contributed by atoms with Gasteiger partial charge in [0.1, 0.15) is 23.6 Å². The maximum atomic E-state index is 13.0. The first-order valence-corrected chi connectivity index (χ1v) is 10.5. The van der Waals surface area contributed by atoms with Crippen molar-refractivity contribution in [2.24, 2.45) is 11.8 Å². The number of rotatable bonds is 6. The number of aromatic nitrogens is 2. The minimum Gasteiger partial charge on any atom is -0.508 e. The van der Waals surface area contributed by atoms with Gasteiger partial charge in [-0.1, -0.05) is 19.3 Å². The number of phenolic OH excluding ortho intramolecular Hbond substituents is 1. The summed E-state index contributed by atoms with van der Waals surface area (Å²) < 4.78 is 0. The second-order valence-corrected chi connectivity index (χ2v) is 8.29. The number of carbonyl (C=O) groups excluding carboxylic acids is 1. The van der Waals surface area contributed by atoms with Crippen molar-refractivity contribution in [3.05, 3.63) is 41.9 Å². The maximum Gasteiger partial charge on any atom is 0.291 e. The predicted octanol–water partition coefficient (Wildman–Crippen LogP) is 3.56. The van der Waals surface area contributed by atoms with Crippen molar-refractivity contribution in [1.82, 2.24) is 9.97 Å². The molecule has 7 nitrogen and oxygen atoms in total. The van der Waals surface area contributed by atoms with Crippen LogP contribution in [-0.4, -0.2) is 33.6 Å². The Balaban J connectivity index is 1.58. The van der Waals surface area contributed by atoms with Gasteiger partial charge >= 0.3 is 0 Å². The van der Waals surface area contributed by atoms with Crippen molar-refractivity contribution in [1.29, 1.82) is 0 Å². The molecule has 0 spiro atoms. The Bertz CT molecular complexity index is 877. The normalized spacial score (nSPS) is 17.2. The topological polar surface area (TPSA) is 95.6 Å². The Kier molecular flexibility index (Phi) is 5.67. The standard InChI is InChI=1S/C22H29N5O2/c1-15-11-18(28)9-10-20(15)27(23)22(29)19-12-21(25-14-24-19)26(13-16-7-8-16)17-5-3-2-4-6-17/h9-12,14,16-17,28H,2-8,13,23H2,1H3. The number of anilines is 2. The van der Waals surface area contributed by atoms with E-state index in [0.717, 1.165) is 23.3 Å². The average Bonchev–Trinajstić information content (AvgIpc) is 3.56. The van der Waals surface area contributed by atoms with Crippen molar-refractivity contribution in [3.8, 4) is 5.75 Å². The van der Waals surface area contributed by atoms with Crippen LogP contribution < -0.4 is 15.8 Å². The molecule has 0 saturated heterocycles. The van der Waals surface area contributed by atoms with Gasteiger partial charge in [0.05, 0.1) is 5.69 Å². The molecule has 154 valence electrons. The molecule has 1 heterocycles. The number of hydrogen-bond donors (Lipinski definition) is 2. The highest BCUT2D eigenvalue weighted by Crippen LogP contribution is 2.34. The highest BCUT2D eigenvalue weighted by Gasteiger charge is 2.30. The van der Waals surface area contributed by atoms with E-state index in [1.54, 1.807) is 25.1 Å². The largest absolute Gasteiger partial charge is 0.508 e. The highest BCUT2D eigenvalue weighted by atomic mass is 16.3. The van der Waals surface area contributed by atoms with Gasteiger partial charge in [-0.05, 0) is 62.3 Å². The molecule has 2 fully saturated rings. The lowest BCUT2D eigenvalue weighted by Gasteiger charge is -2.35. The molecule has 29 heavy (non-hydrogen) atoms. The van der Waals surface area contributed by atoms with Crippen LogP contribution in [0.5, 0.6) is 5.75 Å². The van der Waals surface area contributed by atoms with Crippen LogP contribution in [0, 0.1) is 12.8 Å². The van der Waals surface area contributed by atoms with Crippen LogP contribution in [0.3, 0.4) is 0 Å². The number of aromatic hydroxyl groups is 1. The highest BCUT2D eigenvalue weighted by molar-refractivity contribution is 6.04. The van der Waals surface area contributed by atoms with Crippen LogP contribution in [0.15, 0.2) is 30.6 Å². The Labute approximate surface area is 171 Å². The molecule has 0 atom stereocenters. The molecule has 7 heteroatoms. The zero-order valence-corrected chi connectivity index (χ0v) is 16.9. The number of aryl methyl sites for hydroxylation is 1. The third-order valence-electron chi connectivity index (χ3n) is 5.99. The Morgan fingerprint density at radius 2 is 1.90 bits per heavy atom. The van der Waals surface area contributed by atoms with Crippen LogP contribution in [0.4, 0.5) is 11.5 Å². The monoisotopic (exact) mass is 395 g/mol. The summed E-state index contributed by atoms with van der Waals surface area (Å²) in [7, 11) is 0. The van der Waals surface area contributed by atoms with Gasteiger partial charge in [-0.2, -0.15) is 0 Å². The van der Waals surface area contributed by atoms with E-state index in [4.69, 9.17) is 5.84 Å². The van der Waals surface area contributed by atoms with Crippen molar-refractivity contribution < 1.29 is 9.90 Å². The van der Waals surface area contributed by atoms with Gasteiger partial charge in [0, 0.05) is 18.7 Å². The molecule has 2 saturated carbocycles. The summed E-state index contributed by atoms with van der Waals surface area (Å²) in [6.07, 6.45) is 10.2. The van der Waals surface area contributed by atoms with Gasteiger partial charge in [0.25, 0.3) is 5.91 Å². The smallest absolute Gasteiger partial charge is 0.291 e. The van der Waals surface area contributed by atoms with Crippen molar-refractivity contribution >= 4 is 17.4 Å². The number of carbonyl (C=O) groups is 1. The molecular formula is C22H29N5O2. The number of nitrogens with zero attached hydrogens (tertiary/aromatic N) is 4. The summed E-state index contributed by atoms with van der Waals surface area (Å²) in [4.78, 5) is 24.1. The van der Waals surface area contributed by atoms with Crippen LogP contribution in [0.25, 0.3) is 0 Å². The molecule has 1 aromatic heterocycles. The fraction of sp³-hybridized carbons (Fsp3) is 0.500. The fourth-order valence-electron chi connectivity index (χ4n) is 4.16. The third kappa shape index (κ3) is 4.50. The number of hydrazine groups is 1. The van der Waals surface area contributed by atoms with Gasteiger partial charge in [-0.25, -0.2) is 20.8 Å². The van der Waals surface area contributed by atoms with Crippen LogP contribution >= 0.6 is 0 Å². The second-order valence-electron chi connectivity index (χ2n) is 8.29. The third-order valence-corrected chi connectivity index (χ3v) is 5.99. The van der Waals surface area contributed by atoms with Gasteiger partial charge in [0.15, 0.2) is 0 Å². The van der Waals surface area contributed by atoms with E-state index in [9.17, 15) is 9.90 Å². The Morgan fingerprint density at radius 1 is 1.14 bits per heavy atom. The van der Waals surface area contributed by atoms with E-state index in [1.807, 2.05) is 0 Å². The second kappa shape index (κ2) is 8.37. The summed E-state index contributed by atoms with van der Waals surface area (Å²) in [5.41, 5.74) is 1.53. The van der Waals surface area contributed by atoms with E-state index in [1.165, 1.54) is 57.3 Å². The van der Waals surface area contributed by atoms with Gasteiger partial charge in [0.2, 0.25) is 0 Å². The van der Waals surface area contributed by atoms with Crippen LogP contribution in [-0.2, 0) is 0 Å². The fourth-order valence-corrected chi connectivity index (χ4v) is 4.16. The Hall–Kier alpha value is -2.67. The molecule has 3 N–H and O–H groups in total. The maximum absolute atomic E-state index is 13.0. The minimum atomic E-state index is -0.391. The number of benzene rings is 1. The van der Waals surface area contributed by atoms with Gasteiger partial charge in [-0.15, -0.1) is 0 Å². The van der Waals surface area contributed by atoms with Gasteiger partial charge in [-0.3, -0.25) is 4.79 Å². The zero-order valence-electron chi connectivity index (χ0n) is 16.9. The summed E-state index contributed by atoms with van der Waals surface area (Å²) in [6, 6.07) is 6.98. The number of phenols is 1. The van der Waals surface area contributed by atoms with E-state index in [0.29, 0.717) is 17.3 Å². The van der Waals surface area contributed by atoms with Crippen molar-refractivity contribution in [2.45, 2.75) is 57.9 Å². The lowest BCUT2D eigenvalue weighted by molar-refractivity contribution is 0.0981. The molecule has 0 bridgehead atoms. The summed E-state index contributed by atoms with van der Waals surface area (Å²) in [6.45, 7) is 2.80. The molecule has 2 aliphatic carbocycles. The molecule has 2 aromatic rings. The van der Waals surface area contributed by atoms with Crippen molar-refractivity contribution in [3.63, 3.8) is 0 Å². The molecule has 1 amide bonds. The number of hydrogen-bond acceptors (Lipinski definition) is 6. The summed E-state index contributed by atoms with van der Waals surface area (Å²) >= 11 is 0. The summed E-state index contributed by atoms with van der Waals surface area (Å²) in [5, 5.41) is 10.7. The van der Waals surface area contributed by atoms with Crippen molar-refractivity contribution in [2.75, 3.05) is 16.5 Å². The average molecular weight is 396 g/mol. The quantitative estimate of drug-likeness (QED) is 0.441. The van der Waals surface area contributed by atoms with Gasteiger partial charge < -0.3 is 10.0 Å². The lowest BCUT2D eigenvalue weighted by atomic mass is 9.94. The first-order chi connectivity index (χ1) is 14.0. The van der Waals surface area contributed by atoms with E-state index >= 15 is 0 Å². The van der Waals surface area contributed by atoms with Crippen LogP contribution in [0.2, 0.25) is 0 Å². The van der Waals surface area contributed by atoms with E-state index in [-0.39, 0.29) is 11.4 Å². The molecule has 0 unspecified atom stereocenters. The van der Waals surface area contributed by atoms with E-state index in [2.05, 4.69) is 14.9 Å². The molecule has 2 aliphatic rings. The Morgan fingerprint density at radius 3 is 2.59 bits per heavy atom. The van der Waals surface area contributed by atoms with E-state index < -0.39 is 5.91 Å². The molecule has 4 rings (SSSR count). The molecular weight excluding hydrogens is 366 g/mol. The number of amides is 1. The van der Waals surface area contributed by atoms with Crippen LogP contribution in [0.1, 0.15) is 61.0 Å². The summed E-state index contributed by atoms with van der Waals surface area (Å²) in [5.74, 6) is 7.41. The predicted molar refractivity (Wildman–Crippen MR) is 113 cm³/mol. The molecule has 0 radical (unpaired) electrons. The first-order valence-electron chi connectivity index (χ1n) is 10.5. The molecule has 0 aliphatic heterocycles. The SMILES string of the molecule is Cc1cc(O)ccc1N(N)C(=O)c1cc(N(CC2CC2)C2CCCCC2)ncn1.